The van der Waals surface area contributed by atoms with Crippen LogP contribution >= 0.6 is 0 Å². The molecule has 1 amide bonds. The second-order valence-electron chi connectivity index (χ2n) is 13.7. The first-order chi connectivity index (χ1) is 22.7. The fourth-order valence-corrected chi connectivity index (χ4v) is 5.97. The van der Waals surface area contributed by atoms with Gasteiger partial charge in [0.15, 0.2) is 0 Å². The van der Waals surface area contributed by atoms with Crippen LogP contribution in [0, 0.1) is 0 Å². The van der Waals surface area contributed by atoms with Crippen LogP contribution < -0.4 is 5.32 Å². The predicted octanol–water partition coefficient (Wildman–Crippen LogP) is 12.2. The molecule has 4 nitrogen and oxygen atoms in total. The lowest BCUT2D eigenvalue weighted by Gasteiger charge is -2.20. The highest BCUT2D eigenvalue weighted by atomic mass is 16.3. The van der Waals surface area contributed by atoms with E-state index in [4.69, 9.17) is 0 Å². The molecular weight excluding hydrogens is 566 g/mol. The van der Waals surface area contributed by atoms with Crippen molar-refractivity contribution < 1.29 is 15.0 Å². The number of carbonyl (C=O) groups excluding carboxylic acids is 1. The molecule has 46 heavy (non-hydrogen) atoms. The molecule has 0 aromatic heterocycles. The molecule has 0 saturated carbocycles. The molecule has 0 aliphatic rings. The van der Waals surface area contributed by atoms with Crippen molar-refractivity contribution in [3.63, 3.8) is 0 Å². The maximum Gasteiger partial charge on any atom is 0.220 e. The van der Waals surface area contributed by atoms with E-state index in [1.165, 1.54) is 154 Å². The average Bonchev–Trinajstić information content (AvgIpc) is 3.06. The Morgan fingerprint density at radius 1 is 0.522 bits per heavy atom. The number of allylic oxidation sites excluding steroid dienone is 5. The molecule has 0 spiro atoms. The van der Waals surface area contributed by atoms with Gasteiger partial charge in [-0.1, -0.05) is 185 Å². The Hall–Kier alpha value is -1.39. The third-order valence-corrected chi connectivity index (χ3v) is 9.12. The maximum absolute atomic E-state index is 12.2. The molecule has 0 rings (SSSR count). The number of carbonyl (C=O) groups is 1. The number of amides is 1. The van der Waals surface area contributed by atoms with E-state index in [0.29, 0.717) is 6.42 Å². The summed E-state index contributed by atoms with van der Waals surface area (Å²) in [7, 11) is 0. The Morgan fingerprint density at radius 2 is 0.891 bits per heavy atom. The lowest BCUT2D eigenvalue weighted by atomic mass is 10.0. The van der Waals surface area contributed by atoms with Gasteiger partial charge in [0.05, 0.1) is 18.8 Å². The Labute approximate surface area is 287 Å². The molecule has 0 radical (unpaired) electrons. The van der Waals surface area contributed by atoms with Gasteiger partial charge in [0, 0.05) is 6.42 Å². The number of hydrogen-bond acceptors (Lipinski definition) is 3. The highest BCUT2D eigenvalue weighted by Gasteiger charge is 2.17. The zero-order valence-electron chi connectivity index (χ0n) is 30.8. The number of nitrogens with one attached hydrogen (secondary N) is 1. The molecule has 0 saturated heterocycles. The second-order valence-corrected chi connectivity index (χ2v) is 13.7. The summed E-state index contributed by atoms with van der Waals surface area (Å²) >= 11 is 0. The lowest BCUT2D eigenvalue weighted by Crippen LogP contribution is -2.45. The zero-order valence-corrected chi connectivity index (χ0v) is 30.8. The van der Waals surface area contributed by atoms with Gasteiger partial charge in [0.2, 0.25) is 5.91 Å². The van der Waals surface area contributed by atoms with Crippen molar-refractivity contribution in [3.05, 3.63) is 36.5 Å². The molecular formula is C42H79NO3. The van der Waals surface area contributed by atoms with Gasteiger partial charge >= 0.3 is 0 Å². The summed E-state index contributed by atoms with van der Waals surface area (Å²) in [6.45, 7) is 4.20. The predicted molar refractivity (Wildman–Crippen MR) is 202 cm³/mol. The summed E-state index contributed by atoms with van der Waals surface area (Å²) in [5.74, 6) is -0.0710. The van der Waals surface area contributed by atoms with Crippen LogP contribution in [-0.2, 0) is 4.79 Å². The van der Waals surface area contributed by atoms with Crippen LogP contribution in [0.3, 0.4) is 0 Å². The number of hydrogen-bond donors (Lipinski definition) is 3. The molecule has 3 N–H and O–H groups in total. The monoisotopic (exact) mass is 646 g/mol. The van der Waals surface area contributed by atoms with Gasteiger partial charge in [0.25, 0.3) is 0 Å². The maximum atomic E-state index is 12.2. The van der Waals surface area contributed by atoms with Crippen molar-refractivity contribution >= 4 is 5.91 Å². The van der Waals surface area contributed by atoms with Gasteiger partial charge in [-0.05, 0) is 51.4 Å². The summed E-state index contributed by atoms with van der Waals surface area (Å²) in [4.78, 5) is 12.2. The first kappa shape index (κ1) is 44.6. The fraction of sp³-hybridized carbons (Fsp3) is 0.833. The van der Waals surface area contributed by atoms with Crippen molar-refractivity contribution in [1.29, 1.82) is 0 Å². The van der Waals surface area contributed by atoms with E-state index >= 15 is 0 Å². The highest BCUT2D eigenvalue weighted by Crippen LogP contribution is 2.15. The first-order valence-electron chi connectivity index (χ1n) is 20.2. The smallest absolute Gasteiger partial charge is 0.220 e. The first-order valence-corrected chi connectivity index (χ1v) is 20.2. The van der Waals surface area contributed by atoms with Crippen LogP contribution in [0.15, 0.2) is 36.5 Å². The van der Waals surface area contributed by atoms with Gasteiger partial charge in [0.1, 0.15) is 0 Å². The topological polar surface area (TPSA) is 69.6 Å². The van der Waals surface area contributed by atoms with E-state index in [1.54, 1.807) is 6.08 Å². The quantitative estimate of drug-likeness (QED) is 0.0469. The van der Waals surface area contributed by atoms with Gasteiger partial charge in [-0.2, -0.15) is 0 Å². The van der Waals surface area contributed by atoms with Crippen molar-refractivity contribution in [1.82, 2.24) is 5.32 Å². The molecule has 270 valence electrons. The molecule has 2 unspecified atom stereocenters. The Kier molecular flexibility index (Phi) is 36.9. The van der Waals surface area contributed by atoms with Crippen LogP contribution in [0.25, 0.3) is 0 Å². The largest absolute Gasteiger partial charge is 0.394 e. The molecule has 0 bridgehead atoms. The molecule has 0 aliphatic heterocycles. The summed E-state index contributed by atoms with van der Waals surface area (Å²) in [6.07, 6.45) is 50.0. The number of rotatable bonds is 36. The second kappa shape index (κ2) is 38.1. The molecule has 0 aromatic carbocycles. The fourth-order valence-electron chi connectivity index (χ4n) is 5.97. The summed E-state index contributed by atoms with van der Waals surface area (Å²) in [6, 6.07) is -0.616. The Balaban J connectivity index is 3.39. The van der Waals surface area contributed by atoms with E-state index in [2.05, 4.69) is 43.5 Å². The van der Waals surface area contributed by atoms with Crippen LogP contribution in [-0.4, -0.2) is 34.9 Å². The van der Waals surface area contributed by atoms with Crippen molar-refractivity contribution in [2.24, 2.45) is 0 Å². The van der Waals surface area contributed by atoms with E-state index < -0.39 is 12.1 Å². The van der Waals surface area contributed by atoms with Gasteiger partial charge < -0.3 is 15.5 Å². The number of unbranched alkanes of at least 4 members (excludes halogenated alkanes) is 25. The van der Waals surface area contributed by atoms with Crippen LogP contribution in [0.5, 0.6) is 0 Å². The molecule has 0 heterocycles. The van der Waals surface area contributed by atoms with E-state index in [0.717, 1.165) is 32.1 Å². The van der Waals surface area contributed by atoms with Crippen molar-refractivity contribution in [2.75, 3.05) is 6.61 Å². The third-order valence-electron chi connectivity index (χ3n) is 9.12. The minimum absolute atomic E-state index is 0.0710. The lowest BCUT2D eigenvalue weighted by molar-refractivity contribution is -0.123. The minimum atomic E-state index is -0.833. The number of aliphatic hydroxyl groups excluding tert-OH is 2. The third kappa shape index (κ3) is 34.0. The Morgan fingerprint density at radius 3 is 1.35 bits per heavy atom. The van der Waals surface area contributed by atoms with Crippen molar-refractivity contribution in [2.45, 2.75) is 219 Å². The van der Waals surface area contributed by atoms with Crippen molar-refractivity contribution in [3.8, 4) is 0 Å². The standard InChI is InChI=1S/C42H79NO3/c1-3-5-7-9-10-11-12-13-14-15-16-17-18-19-20-21-22-23-24-25-26-27-28-29-30-31-32-34-36-38-42(46)43-40(39-44)41(45)37-35-33-8-6-4-2/h12-13,15-16,35,37,40-41,44-45H,3-11,14,17-34,36,38-39H2,1-2H3,(H,43,46)/b13-12-,16-15-,37-35+. The zero-order chi connectivity index (χ0) is 33.6. The van der Waals surface area contributed by atoms with E-state index in [-0.39, 0.29) is 12.5 Å². The normalized spacial score (nSPS) is 13.4. The SMILES string of the molecule is CCCCC/C=C/C(O)C(CO)NC(=O)CCCCCCCCCCCCCCCCCCC/C=C\C/C=C\CCCCCCC. The van der Waals surface area contributed by atoms with Gasteiger partial charge in [-0.25, -0.2) is 0 Å². The van der Waals surface area contributed by atoms with Crippen LogP contribution in [0.4, 0.5) is 0 Å². The Bertz CT molecular complexity index is 701. The van der Waals surface area contributed by atoms with Crippen LogP contribution in [0.2, 0.25) is 0 Å². The summed E-state index contributed by atoms with van der Waals surface area (Å²) in [5, 5.41) is 22.6. The molecule has 2 atom stereocenters. The van der Waals surface area contributed by atoms with Gasteiger partial charge in [-0.3, -0.25) is 4.79 Å². The van der Waals surface area contributed by atoms with E-state index in [9.17, 15) is 15.0 Å². The summed E-state index contributed by atoms with van der Waals surface area (Å²) < 4.78 is 0. The summed E-state index contributed by atoms with van der Waals surface area (Å²) in [5.41, 5.74) is 0. The molecule has 0 aromatic rings. The highest BCUT2D eigenvalue weighted by molar-refractivity contribution is 5.76. The van der Waals surface area contributed by atoms with Gasteiger partial charge in [-0.15, -0.1) is 0 Å². The van der Waals surface area contributed by atoms with E-state index in [1.807, 2.05) is 6.08 Å². The molecule has 0 aliphatic carbocycles. The average molecular weight is 646 g/mol. The minimum Gasteiger partial charge on any atom is -0.394 e. The molecule has 0 fully saturated rings. The van der Waals surface area contributed by atoms with Crippen LogP contribution in [0.1, 0.15) is 206 Å². The number of aliphatic hydroxyl groups is 2. The molecule has 4 heteroatoms.